The van der Waals surface area contributed by atoms with Gasteiger partial charge >= 0.3 is 6.98 Å². The van der Waals surface area contributed by atoms with Crippen LogP contribution >= 0.6 is 11.3 Å². The van der Waals surface area contributed by atoms with Gasteiger partial charge in [-0.2, -0.15) is 0 Å². The van der Waals surface area contributed by atoms with Crippen LogP contribution in [0, 0.1) is 0 Å². The molecule has 2 aliphatic heterocycles. The first-order chi connectivity index (χ1) is 16.8. The highest BCUT2D eigenvalue weighted by molar-refractivity contribution is 7.25. The monoisotopic (exact) mass is 454 g/mol. The molecule has 0 saturated heterocycles. The van der Waals surface area contributed by atoms with Crippen molar-refractivity contribution in [2.75, 3.05) is 9.62 Å². The summed E-state index contributed by atoms with van der Waals surface area (Å²) < 4.78 is 3.70. The number of pyridine rings is 1. The Labute approximate surface area is 201 Å². The number of aryl methyl sites for hydroxylation is 1. The second-order valence-corrected chi connectivity index (χ2v) is 9.96. The number of para-hydroxylation sites is 2. The minimum absolute atomic E-state index is 0.0237. The number of thiophene rings is 1. The van der Waals surface area contributed by atoms with Gasteiger partial charge in [0.2, 0.25) is 0 Å². The summed E-state index contributed by atoms with van der Waals surface area (Å²) in [6.45, 7) is 0.0237. The summed E-state index contributed by atoms with van der Waals surface area (Å²) in [4.78, 5) is 9.39. The van der Waals surface area contributed by atoms with E-state index in [1.807, 2.05) is 23.7 Å². The summed E-state index contributed by atoms with van der Waals surface area (Å²) in [6.07, 6.45) is 3.79. The van der Waals surface area contributed by atoms with Crippen LogP contribution in [0.15, 0.2) is 97.3 Å². The van der Waals surface area contributed by atoms with Crippen molar-refractivity contribution in [2.24, 2.45) is 7.05 Å². The third-order valence-electron chi connectivity index (χ3n) is 7.27. The van der Waals surface area contributed by atoms with Gasteiger partial charge in [0.15, 0.2) is 0 Å². The summed E-state index contributed by atoms with van der Waals surface area (Å²) >= 11 is 1.88. The predicted molar refractivity (Wildman–Crippen MR) is 144 cm³/mol. The standard InChI is InChI=1S/C28H19BN4S/c1-31-22-11-5-2-8-19(22)25-20-9-3-6-12-23(20)33-28-26(21-10-4-7-13-24(21)34-28)32(29(33)27(25)31)18-14-16-30-17-15-18/h2-17H,1H3. The zero-order valence-electron chi connectivity index (χ0n) is 18.5. The molecule has 0 atom stereocenters. The van der Waals surface area contributed by atoms with Crippen LogP contribution in [0.1, 0.15) is 0 Å². The Hall–Kier alpha value is -4.03. The van der Waals surface area contributed by atoms with Crippen LogP contribution in [0.5, 0.6) is 0 Å². The third-order valence-corrected chi connectivity index (χ3v) is 8.43. The molecular weight excluding hydrogens is 435 g/mol. The zero-order valence-corrected chi connectivity index (χ0v) is 19.3. The topological polar surface area (TPSA) is 24.3 Å². The molecule has 3 aromatic carbocycles. The first kappa shape index (κ1) is 18.4. The van der Waals surface area contributed by atoms with Crippen LogP contribution in [-0.2, 0) is 7.05 Å². The minimum atomic E-state index is 0.0237. The number of aromatic nitrogens is 2. The Kier molecular flexibility index (Phi) is 3.53. The van der Waals surface area contributed by atoms with E-state index < -0.39 is 0 Å². The first-order valence-electron chi connectivity index (χ1n) is 11.5. The lowest BCUT2D eigenvalue weighted by molar-refractivity contribution is 0.995. The lowest BCUT2D eigenvalue weighted by Crippen LogP contribution is -2.57. The van der Waals surface area contributed by atoms with E-state index >= 15 is 0 Å². The van der Waals surface area contributed by atoms with Gasteiger partial charge in [0.1, 0.15) is 5.00 Å². The summed E-state index contributed by atoms with van der Waals surface area (Å²) in [7, 11) is 2.21. The third kappa shape index (κ3) is 2.16. The lowest BCUT2D eigenvalue weighted by atomic mass is 9.62. The fourth-order valence-corrected chi connectivity index (χ4v) is 7.15. The first-order valence-corrected chi connectivity index (χ1v) is 12.3. The van der Waals surface area contributed by atoms with Crippen molar-refractivity contribution < 1.29 is 0 Å². The quantitative estimate of drug-likeness (QED) is 0.267. The number of fused-ring (bicyclic) bond motifs is 12. The van der Waals surface area contributed by atoms with Crippen LogP contribution in [-0.4, -0.2) is 16.5 Å². The Morgan fingerprint density at radius 1 is 0.765 bits per heavy atom. The molecule has 0 spiro atoms. The van der Waals surface area contributed by atoms with Gasteiger partial charge in [0, 0.05) is 68.5 Å². The zero-order chi connectivity index (χ0) is 22.4. The number of rotatable bonds is 1. The highest BCUT2D eigenvalue weighted by Crippen LogP contribution is 2.57. The molecule has 0 saturated carbocycles. The molecule has 34 heavy (non-hydrogen) atoms. The van der Waals surface area contributed by atoms with Crippen molar-refractivity contribution >= 4 is 67.0 Å². The van der Waals surface area contributed by atoms with Gasteiger partial charge < -0.3 is 14.2 Å². The molecule has 0 bridgehead atoms. The average Bonchev–Trinajstić information content (AvgIpc) is 3.52. The molecule has 6 aromatic rings. The molecule has 6 heteroatoms. The largest absolute Gasteiger partial charge is 0.439 e. The molecule has 0 aliphatic carbocycles. The van der Waals surface area contributed by atoms with Crippen LogP contribution in [0.4, 0.5) is 22.1 Å². The van der Waals surface area contributed by atoms with E-state index in [0.717, 1.165) is 5.69 Å². The van der Waals surface area contributed by atoms with E-state index in [4.69, 9.17) is 0 Å². The summed E-state index contributed by atoms with van der Waals surface area (Å²) in [6, 6.07) is 30.7. The van der Waals surface area contributed by atoms with E-state index in [1.165, 1.54) is 54.1 Å². The number of hydrogen-bond acceptors (Lipinski definition) is 4. The number of benzene rings is 3. The number of anilines is 4. The SMILES string of the molecule is Cn1c2c(c3ccccc31)-c1ccccc1N1B2N(c2ccncc2)c2c1sc1ccccc21. The van der Waals surface area contributed by atoms with E-state index in [-0.39, 0.29) is 6.98 Å². The van der Waals surface area contributed by atoms with E-state index in [2.05, 4.69) is 111 Å². The van der Waals surface area contributed by atoms with E-state index in [1.54, 1.807) is 0 Å². The Morgan fingerprint density at radius 3 is 2.38 bits per heavy atom. The van der Waals surface area contributed by atoms with Crippen molar-refractivity contribution in [3.8, 4) is 11.1 Å². The van der Waals surface area contributed by atoms with Crippen LogP contribution in [0.25, 0.3) is 32.1 Å². The maximum atomic E-state index is 4.32. The fraction of sp³-hybridized carbons (Fsp3) is 0.0357. The maximum absolute atomic E-state index is 4.32. The molecule has 0 N–H and O–H groups in total. The van der Waals surface area contributed by atoms with Gasteiger partial charge in [-0.15, -0.1) is 11.3 Å². The second-order valence-electron chi connectivity index (χ2n) is 8.92. The minimum Gasteiger partial charge on any atom is -0.358 e. The highest BCUT2D eigenvalue weighted by atomic mass is 32.1. The van der Waals surface area contributed by atoms with Gasteiger partial charge in [-0.3, -0.25) is 4.98 Å². The Morgan fingerprint density at radius 2 is 1.50 bits per heavy atom. The summed E-state index contributed by atoms with van der Waals surface area (Å²) in [5.41, 5.74) is 8.93. The molecule has 8 rings (SSSR count). The van der Waals surface area contributed by atoms with Gasteiger partial charge in [0.05, 0.1) is 5.69 Å². The molecule has 0 radical (unpaired) electrons. The van der Waals surface area contributed by atoms with Crippen molar-refractivity contribution in [1.29, 1.82) is 0 Å². The highest BCUT2D eigenvalue weighted by Gasteiger charge is 2.51. The summed E-state index contributed by atoms with van der Waals surface area (Å²) in [5.74, 6) is 0. The molecule has 160 valence electrons. The average molecular weight is 454 g/mol. The molecule has 3 aromatic heterocycles. The van der Waals surface area contributed by atoms with Crippen LogP contribution in [0.2, 0.25) is 0 Å². The van der Waals surface area contributed by atoms with Crippen molar-refractivity contribution in [2.45, 2.75) is 0 Å². The maximum Gasteiger partial charge on any atom is 0.439 e. The fourth-order valence-electron chi connectivity index (χ4n) is 5.92. The number of hydrogen-bond donors (Lipinski definition) is 0. The van der Waals surface area contributed by atoms with Gasteiger partial charge in [-0.1, -0.05) is 54.6 Å². The summed E-state index contributed by atoms with van der Waals surface area (Å²) in [5, 5.41) is 3.90. The molecule has 0 unspecified atom stereocenters. The van der Waals surface area contributed by atoms with E-state index in [9.17, 15) is 0 Å². The predicted octanol–water partition coefficient (Wildman–Crippen LogP) is 6.45. The molecule has 0 fully saturated rings. The van der Waals surface area contributed by atoms with Crippen LogP contribution in [0.3, 0.4) is 0 Å². The normalized spacial score (nSPS) is 13.9. The molecule has 5 heterocycles. The van der Waals surface area contributed by atoms with Crippen LogP contribution < -0.4 is 15.2 Å². The van der Waals surface area contributed by atoms with Gasteiger partial charge in [-0.25, -0.2) is 0 Å². The lowest BCUT2D eigenvalue weighted by Gasteiger charge is -2.35. The Balaban J connectivity index is 1.55. The van der Waals surface area contributed by atoms with Crippen molar-refractivity contribution in [3.05, 3.63) is 97.3 Å². The molecule has 4 nitrogen and oxygen atoms in total. The van der Waals surface area contributed by atoms with Gasteiger partial charge in [0.25, 0.3) is 0 Å². The Bertz CT molecular complexity index is 1750. The molecule has 0 amide bonds. The molecule has 2 aliphatic rings. The van der Waals surface area contributed by atoms with Crippen molar-refractivity contribution in [1.82, 2.24) is 9.55 Å². The van der Waals surface area contributed by atoms with Crippen molar-refractivity contribution in [3.63, 3.8) is 0 Å². The smallest absolute Gasteiger partial charge is 0.358 e. The molecular formula is C28H19BN4S. The van der Waals surface area contributed by atoms with Gasteiger partial charge in [-0.05, 0) is 30.3 Å². The number of nitrogens with zero attached hydrogens (tertiary/aromatic N) is 4. The van der Waals surface area contributed by atoms with E-state index in [0.29, 0.717) is 0 Å². The second kappa shape index (κ2) is 6.52.